The van der Waals surface area contributed by atoms with Crippen LogP contribution in [0.25, 0.3) is 0 Å². The summed E-state index contributed by atoms with van der Waals surface area (Å²) >= 11 is 5.99. The van der Waals surface area contributed by atoms with Crippen LogP contribution in [0.4, 0.5) is 5.69 Å². The smallest absolute Gasteiger partial charge is 0.264 e. The number of ether oxygens (including phenoxy) is 1. The molecule has 0 fully saturated rings. The van der Waals surface area contributed by atoms with Crippen molar-refractivity contribution in [2.75, 3.05) is 18.0 Å². The molecule has 0 aliphatic heterocycles. The molecule has 3 aromatic rings. The van der Waals surface area contributed by atoms with Crippen LogP contribution in [0, 0.1) is 6.92 Å². The normalized spacial score (nSPS) is 12.8. The summed E-state index contributed by atoms with van der Waals surface area (Å²) in [5, 5.41) is 3.32. The maximum atomic E-state index is 13.9. The molecule has 8 nitrogen and oxygen atoms in total. The highest BCUT2D eigenvalue weighted by Gasteiger charge is 2.32. The predicted molar refractivity (Wildman–Crippen MR) is 158 cm³/mol. The van der Waals surface area contributed by atoms with Crippen molar-refractivity contribution in [3.05, 3.63) is 88.9 Å². The zero-order chi connectivity index (χ0) is 29.4. The van der Waals surface area contributed by atoms with Crippen molar-refractivity contribution in [2.24, 2.45) is 0 Å². The number of carbonyl (C=O) groups is 2. The Hall–Kier alpha value is -3.56. The highest BCUT2D eigenvalue weighted by Crippen LogP contribution is 2.26. The first-order valence-electron chi connectivity index (χ1n) is 13.0. The first-order valence-corrected chi connectivity index (χ1v) is 14.9. The highest BCUT2D eigenvalue weighted by atomic mass is 35.5. The molecule has 0 heterocycles. The van der Waals surface area contributed by atoms with E-state index in [1.807, 2.05) is 20.8 Å². The Morgan fingerprint density at radius 1 is 0.950 bits per heavy atom. The minimum absolute atomic E-state index is 0.00505. The molecule has 0 saturated carbocycles. The van der Waals surface area contributed by atoms with Gasteiger partial charge in [0.1, 0.15) is 18.3 Å². The van der Waals surface area contributed by atoms with E-state index in [-0.39, 0.29) is 23.4 Å². The van der Waals surface area contributed by atoms with Gasteiger partial charge in [0, 0.05) is 17.6 Å². The summed E-state index contributed by atoms with van der Waals surface area (Å²) in [5.41, 5.74) is 2.03. The van der Waals surface area contributed by atoms with Crippen LogP contribution in [0.3, 0.4) is 0 Å². The average molecular weight is 586 g/mol. The number of hydrogen-bond donors (Lipinski definition) is 1. The molecule has 0 aromatic heterocycles. The van der Waals surface area contributed by atoms with Crippen LogP contribution in [0.1, 0.15) is 38.3 Å². The Balaban J connectivity index is 2.01. The quantitative estimate of drug-likeness (QED) is 0.316. The lowest BCUT2D eigenvalue weighted by Gasteiger charge is -2.32. The number of amides is 2. The number of hydrogen-bond acceptors (Lipinski definition) is 5. The van der Waals surface area contributed by atoms with E-state index in [9.17, 15) is 18.0 Å². The van der Waals surface area contributed by atoms with Crippen molar-refractivity contribution >= 4 is 39.1 Å². The number of halogens is 1. The molecule has 0 spiro atoms. The maximum Gasteiger partial charge on any atom is 0.264 e. The number of sulfonamides is 1. The summed E-state index contributed by atoms with van der Waals surface area (Å²) in [7, 11) is -2.59. The monoisotopic (exact) mass is 585 g/mol. The fourth-order valence-corrected chi connectivity index (χ4v) is 5.49. The van der Waals surface area contributed by atoms with Crippen LogP contribution >= 0.6 is 11.6 Å². The minimum atomic E-state index is -4.15. The second-order valence-corrected chi connectivity index (χ2v) is 12.0. The molecule has 214 valence electrons. The molecule has 0 aliphatic rings. The molecular weight excluding hydrogens is 550 g/mol. The van der Waals surface area contributed by atoms with Crippen molar-refractivity contribution in [1.82, 2.24) is 10.2 Å². The largest absolute Gasteiger partial charge is 0.497 e. The Morgan fingerprint density at radius 2 is 1.55 bits per heavy atom. The molecule has 0 saturated heterocycles. The summed E-state index contributed by atoms with van der Waals surface area (Å²) in [6, 6.07) is 18.9. The van der Waals surface area contributed by atoms with Crippen LogP contribution in [-0.4, -0.2) is 50.9 Å². The van der Waals surface area contributed by atoms with Crippen LogP contribution in [0.2, 0.25) is 5.02 Å². The molecule has 2 amide bonds. The van der Waals surface area contributed by atoms with E-state index in [0.717, 1.165) is 21.9 Å². The first-order chi connectivity index (χ1) is 19.0. The van der Waals surface area contributed by atoms with Gasteiger partial charge in [0.25, 0.3) is 10.0 Å². The number of carbonyl (C=O) groups excluding carboxylic acids is 2. The Morgan fingerprint density at radius 3 is 2.10 bits per heavy atom. The van der Waals surface area contributed by atoms with Crippen molar-refractivity contribution in [3.8, 4) is 5.75 Å². The van der Waals surface area contributed by atoms with Gasteiger partial charge in [-0.1, -0.05) is 48.4 Å². The SMILES string of the molecule is CC[C@H](C)NC(=O)[C@@H](C)N(Cc1ccc(OC)cc1)C(=O)CN(c1ccc(C)cc1)S(=O)(=O)c1ccc(Cl)cc1. The molecule has 10 heteroatoms. The maximum absolute atomic E-state index is 13.9. The van der Waals surface area contributed by atoms with E-state index >= 15 is 0 Å². The molecule has 3 aromatic carbocycles. The molecule has 0 bridgehead atoms. The van der Waals surface area contributed by atoms with E-state index in [1.165, 1.54) is 29.2 Å². The van der Waals surface area contributed by atoms with Gasteiger partial charge in [0.05, 0.1) is 17.7 Å². The average Bonchev–Trinajstić information content (AvgIpc) is 2.95. The van der Waals surface area contributed by atoms with Gasteiger partial charge in [-0.15, -0.1) is 0 Å². The zero-order valence-corrected chi connectivity index (χ0v) is 25.0. The topological polar surface area (TPSA) is 96.0 Å². The van der Waals surface area contributed by atoms with Crippen LogP contribution in [0.5, 0.6) is 5.75 Å². The first kappa shape index (κ1) is 31.0. The number of methoxy groups -OCH3 is 1. The molecule has 40 heavy (non-hydrogen) atoms. The van der Waals surface area contributed by atoms with Gasteiger partial charge >= 0.3 is 0 Å². The summed E-state index contributed by atoms with van der Waals surface area (Å²) in [5.74, 6) is -0.191. The number of benzene rings is 3. The zero-order valence-electron chi connectivity index (χ0n) is 23.4. The van der Waals surface area contributed by atoms with Crippen molar-refractivity contribution in [2.45, 2.75) is 57.6 Å². The third kappa shape index (κ3) is 7.76. The van der Waals surface area contributed by atoms with Gasteiger partial charge in [0.2, 0.25) is 11.8 Å². The number of nitrogens with one attached hydrogen (secondary N) is 1. The Bertz CT molecular complexity index is 1390. The van der Waals surface area contributed by atoms with E-state index in [0.29, 0.717) is 16.5 Å². The summed E-state index contributed by atoms with van der Waals surface area (Å²) in [6.45, 7) is 6.96. The van der Waals surface area contributed by atoms with Gasteiger partial charge in [-0.3, -0.25) is 13.9 Å². The van der Waals surface area contributed by atoms with Crippen molar-refractivity contribution in [3.63, 3.8) is 0 Å². The standard InChI is InChI=1S/C30H36ClN3O5S/c1-6-22(3)32-30(36)23(4)33(19-24-9-15-27(39-5)16-10-24)29(35)20-34(26-13-7-21(2)8-14-26)40(37,38)28-17-11-25(31)12-18-28/h7-18,22-23H,6,19-20H2,1-5H3,(H,32,36)/t22-,23+/m0/s1. The third-order valence-corrected chi connectivity index (χ3v) is 8.72. The second-order valence-electron chi connectivity index (χ2n) is 9.66. The van der Waals surface area contributed by atoms with Crippen LogP contribution < -0.4 is 14.4 Å². The molecule has 1 N–H and O–H groups in total. The molecule has 2 atom stereocenters. The number of anilines is 1. The van der Waals surface area contributed by atoms with Gasteiger partial charge in [-0.2, -0.15) is 0 Å². The number of aryl methyl sites for hydroxylation is 1. The van der Waals surface area contributed by atoms with E-state index in [1.54, 1.807) is 62.6 Å². The van der Waals surface area contributed by atoms with E-state index in [2.05, 4.69) is 5.32 Å². The van der Waals surface area contributed by atoms with Crippen molar-refractivity contribution < 1.29 is 22.7 Å². The number of nitrogens with zero attached hydrogens (tertiary/aromatic N) is 2. The van der Waals surface area contributed by atoms with Gasteiger partial charge in [-0.25, -0.2) is 8.42 Å². The summed E-state index contributed by atoms with van der Waals surface area (Å²) < 4.78 is 33.9. The lowest BCUT2D eigenvalue weighted by Crippen LogP contribution is -2.52. The van der Waals surface area contributed by atoms with Crippen molar-refractivity contribution in [1.29, 1.82) is 0 Å². The van der Waals surface area contributed by atoms with Crippen LogP contribution in [-0.2, 0) is 26.2 Å². The molecule has 3 rings (SSSR count). The van der Waals surface area contributed by atoms with Crippen LogP contribution in [0.15, 0.2) is 77.7 Å². The third-order valence-electron chi connectivity index (χ3n) is 6.68. The molecular formula is C30H36ClN3O5S. The predicted octanol–water partition coefficient (Wildman–Crippen LogP) is 5.18. The van der Waals surface area contributed by atoms with Gasteiger partial charge in [0.15, 0.2) is 0 Å². The summed E-state index contributed by atoms with van der Waals surface area (Å²) in [6.07, 6.45) is 0.728. The Kier molecular flexibility index (Phi) is 10.6. The summed E-state index contributed by atoms with van der Waals surface area (Å²) in [4.78, 5) is 28.5. The van der Waals surface area contributed by atoms with Gasteiger partial charge in [-0.05, 0) is 81.3 Å². The fraction of sp³-hybridized carbons (Fsp3) is 0.333. The second kappa shape index (κ2) is 13.7. The number of rotatable bonds is 12. The lowest BCUT2D eigenvalue weighted by atomic mass is 10.1. The fourth-order valence-electron chi connectivity index (χ4n) is 3.95. The molecule has 0 aliphatic carbocycles. The lowest BCUT2D eigenvalue weighted by molar-refractivity contribution is -0.139. The highest BCUT2D eigenvalue weighted by molar-refractivity contribution is 7.92. The van der Waals surface area contributed by atoms with E-state index < -0.39 is 28.5 Å². The van der Waals surface area contributed by atoms with Gasteiger partial charge < -0.3 is 15.0 Å². The minimum Gasteiger partial charge on any atom is -0.497 e. The molecule has 0 unspecified atom stereocenters. The Labute approximate surface area is 241 Å². The van der Waals surface area contributed by atoms with E-state index in [4.69, 9.17) is 16.3 Å². The molecule has 0 radical (unpaired) electrons.